The summed E-state index contributed by atoms with van der Waals surface area (Å²) in [5.74, 6) is -0.0408. The molecule has 2 heterocycles. The number of halogens is 1. The van der Waals surface area contributed by atoms with Crippen molar-refractivity contribution in [1.82, 2.24) is 15.5 Å². The van der Waals surface area contributed by atoms with Gasteiger partial charge in [0, 0.05) is 30.1 Å². The van der Waals surface area contributed by atoms with Gasteiger partial charge in [0.1, 0.15) is 11.9 Å². The number of para-hydroxylation sites is 1. The van der Waals surface area contributed by atoms with E-state index in [4.69, 9.17) is 11.6 Å². The first kappa shape index (κ1) is 26.6. The van der Waals surface area contributed by atoms with Gasteiger partial charge >= 0.3 is 0 Å². The smallest absolute Gasteiger partial charge is 0.259 e. The Morgan fingerprint density at radius 2 is 1.62 bits per heavy atom. The Labute approximate surface area is 235 Å². The summed E-state index contributed by atoms with van der Waals surface area (Å²) in [6.45, 7) is 0.733. The largest absolute Gasteiger partial charge is 0.352 e. The fraction of sp³-hybridized carbons (Fsp3) is 0.207. The average molecular weight is 560 g/mol. The molecule has 2 aliphatic rings. The minimum Gasteiger partial charge on any atom is -0.352 e. The summed E-state index contributed by atoms with van der Waals surface area (Å²) in [4.78, 5) is 49.3. The fourth-order valence-electron chi connectivity index (χ4n) is 4.26. The van der Waals surface area contributed by atoms with Crippen LogP contribution in [0.4, 0.5) is 5.69 Å². The number of carbonyl (C=O) groups is 3. The van der Waals surface area contributed by atoms with Gasteiger partial charge < -0.3 is 10.6 Å². The Morgan fingerprint density at radius 3 is 2.44 bits per heavy atom. The number of aliphatic imine (C=N–C) groups is 2. The molecule has 0 unspecified atom stereocenters. The van der Waals surface area contributed by atoms with Crippen LogP contribution in [0.5, 0.6) is 0 Å². The lowest BCUT2D eigenvalue weighted by molar-refractivity contribution is -0.125. The van der Waals surface area contributed by atoms with Gasteiger partial charge in [-0.25, -0.2) is 9.89 Å². The lowest BCUT2D eigenvalue weighted by atomic mass is 10.1. The van der Waals surface area contributed by atoms with Crippen LogP contribution in [0.1, 0.15) is 29.5 Å². The molecule has 10 heteroatoms. The van der Waals surface area contributed by atoms with Crippen LogP contribution in [-0.2, 0) is 27.5 Å². The van der Waals surface area contributed by atoms with E-state index in [1.54, 1.807) is 6.07 Å². The molecule has 0 bridgehead atoms. The van der Waals surface area contributed by atoms with Crippen LogP contribution in [0.2, 0.25) is 5.02 Å². The topological polar surface area (TPSA) is 103 Å². The van der Waals surface area contributed by atoms with E-state index < -0.39 is 6.04 Å². The van der Waals surface area contributed by atoms with E-state index in [0.717, 1.165) is 16.7 Å². The molecule has 0 spiro atoms. The molecule has 3 aromatic carbocycles. The van der Waals surface area contributed by atoms with Crippen LogP contribution in [-0.4, -0.2) is 45.4 Å². The van der Waals surface area contributed by atoms with Crippen molar-refractivity contribution in [1.29, 1.82) is 0 Å². The van der Waals surface area contributed by atoms with Gasteiger partial charge in [-0.2, -0.15) is 0 Å². The van der Waals surface area contributed by atoms with E-state index in [1.165, 1.54) is 16.7 Å². The Morgan fingerprint density at radius 1 is 0.897 bits per heavy atom. The number of hydrogen-bond donors (Lipinski definition) is 2. The zero-order chi connectivity index (χ0) is 27.2. The SMILES string of the molecule is O=C(CC[C@@H]1N=C2c3ccccc3N=C(SCC(=O)NCc3ccccc3Cl)N2C1=O)NCc1ccccc1. The maximum Gasteiger partial charge on any atom is 0.259 e. The summed E-state index contributed by atoms with van der Waals surface area (Å²) in [6, 6.07) is 23.7. The molecule has 2 N–H and O–H groups in total. The molecular formula is C29H26ClN5O3S. The van der Waals surface area contributed by atoms with Crippen molar-refractivity contribution in [2.75, 3.05) is 5.75 Å². The average Bonchev–Trinajstić information content (AvgIpc) is 3.30. The van der Waals surface area contributed by atoms with Crippen molar-refractivity contribution >= 4 is 57.8 Å². The molecule has 198 valence electrons. The van der Waals surface area contributed by atoms with Crippen molar-refractivity contribution in [3.63, 3.8) is 0 Å². The number of hydrogen-bond acceptors (Lipinski definition) is 6. The third-order valence-corrected chi connectivity index (χ3v) is 7.60. The number of carbonyl (C=O) groups excluding carboxylic acids is 3. The van der Waals surface area contributed by atoms with E-state index in [-0.39, 0.29) is 36.3 Å². The van der Waals surface area contributed by atoms with Gasteiger partial charge in [-0.05, 0) is 35.7 Å². The first-order chi connectivity index (χ1) is 19.0. The van der Waals surface area contributed by atoms with E-state index in [0.29, 0.717) is 34.8 Å². The van der Waals surface area contributed by atoms with Gasteiger partial charge in [-0.1, -0.05) is 84.0 Å². The van der Waals surface area contributed by atoms with Crippen molar-refractivity contribution in [2.24, 2.45) is 9.98 Å². The molecular weight excluding hydrogens is 534 g/mol. The Hall–Kier alpha value is -3.95. The Kier molecular flexibility index (Phi) is 8.39. The van der Waals surface area contributed by atoms with Crippen LogP contribution in [0.15, 0.2) is 88.8 Å². The maximum absolute atomic E-state index is 13.4. The molecule has 2 aliphatic heterocycles. The van der Waals surface area contributed by atoms with Crippen LogP contribution < -0.4 is 10.6 Å². The second kappa shape index (κ2) is 12.3. The highest BCUT2D eigenvalue weighted by molar-refractivity contribution is 8.14. The third-order valence-electron chi connectivity index (χ3n) is 6.29. The van der Waals surface area contributed by atoms with Gasteiger partial charge in [0.2, 0.25) is 11.8 Å². The van der Waals surface area contributed by atoms with Gasteiger partial charge in [0.25, 0.3) is 5.91 Å². The quantitative estimate of drug-likeness (QED) is 0.404. The Balaban J connectivity index is 1.22. The van der Waals surface area contributed by atoms with Crippen molar-refractivity contribution in [3.8, 4) is 0 Å². The standard InChI is InChI=1S/C29H26ClN5O3S/c30-22-12-6-4-10-20(22)17-32-26(37)18-39-29-34-23-13-7-5-11-21(23)27-33-24(28(38)35(27)29)14-15-25(36)31-16-19-8-2-1-3-9-19/h1-13,24H,14-18H2,(H,31,36)(H,32,37)/t24-/m0/s1. The maximum atomic E-state index is 13.4. The van der Waals surface area contributed by atoms with E-state index in [1.807, 2.05) is 72.8 Å². The minimum atomic E-state index is -0.700. The number of nitrogens with one attached hydrogen (secondary N) is 2. The summed E-state index contributed by atoms with van der Waals surface area (Å²) < 4.78 is 0. The molecule has 5 rings (SSSR count). The van der Waals surface area contributed by atoms with Crippen molar-refractivity contribution in [3.05, 3.63) is 101 Å². The molecule has 0 saturated heterocycles. The van der Waals surface area contributed by atoms with Crippen molar-refractivity contribution < 1.29 is 14.4 Å². The number of amides is 3. The number of fused-ring (bicyclic) bond motifs is 3. The summed E-state index contributed by atoms with van der Waals surface area (Å²) in [6.07, 6.45) is 0.442. The van der Waals surface area contributed by atoms with Crippen LogP contribution >= 0.6 is 23.4 Å². The molecule has 0 radical (unpaired) electrons. The predicted octanol–water partition coefficient (Wildman–Crippen LogP) is 4.44. The monoisotopic (exact) mass is 559 g/mol. The van der Waals surface area contributed by atoms with Gasteiger partial charge in [-0.3, -0.25) is 19.4 Å². The highest BCUT2D eigenvalue weighted by Crippen LogP contribution is 2.34. The number of thioether (sulfide) groups is 1. The zero-order valence-electron chi connectivity index (χ0n) is 21.0. The summed E-state index contributed by atoms with van der Waals surface area (Å²) in [5.41, 5.74) is 3.25. The summed E-state index contributed by atoms with van der Waals surface area (Å²) >= 11 is 7.35. The van der Waals surface area contributed by atoms with Crippen LogP contribution in [0.25, 0.3) is 0 Å². The number of amidine groups is 2. The summed E-state index contributed by atoms with van der Waals surface area (Å²) in [7, 11) is 0. The molecule has 3 amide bonds. The second-order valence-electron chi connectivity index (χ2n) is 9.01. The summed E-state index contributed by atoms with van der Waals surface area (Å²) in [5, 5.41) is 6.72. The van der Waals surface area contributed by atoms with Gasteiger partial charge in [0.15, 0.2) is 5.17 Å². The lowest BCUT2D eigenvalue weighted by Crippen LogP contribution is -2.41. The fourth-order valence-corrected chi connectivity index (χ4v) is 5.29. The molecule has 0 saturated carbocycles. The number of rotatable bonds is 9. The highest BCUT2D eigenvalue weighted by atomic mass is 35.5. The first-order valence-electron chi connectivity index (χ1n) is 12.5. The van der Waals surface area contributed by atoms with Gasteiger partial charge in [0.05, 0.1) is 11.4 Å². The predicted molar refractivity (Wildman–Crippen MR) is 154 cm³/mol. The third kappa shape index (κ3) is 6.38. The molecule has 8 nitrogen and oxygen atoms in total. The molecule has 3 aromatic rings. The lowest BCUT2D eigenvalue weighted by Gasteiger charge is -2.25. The molecule has 0 fully saturated rings. The second-order valence-corrected chi connectivity index (χ2v) is 10.4. The van der Waals surface area contributed by atoms with Gasteiger partial charge in [-0.15, -0.1) is 0 Å². The van der Waals surface area contributed by atoms with Crippen LogP contribution in [0, 0.1) is 0 Å². The highest BCUT2D eigenvalue weighted by Gasteiger charge is 2.41. The van der Waals surface area contributed by atoms with E-state index in [2.05, 4.69) is 20.6 Å². The molecule has 0 aliphatic carbocycles. The zero-order valence-corrected chi connectivity index (χ0v) is 22.5. The Bertz CT molecular complexity index is 1460. The normalized spacial score (nSPS) is 15.7. The van der Waals surface area contributed by atoms with Crippen LogP contribution in [0.3, 0.4) is 0 Å². The number of benzene rings is 3. The van der Waals surface area contributed by atoms with E-state index >= 15 is 0 Å². The van der Waals surface area contributed by atoms with E-state index in [9.17, 15) is 14.4 Å². The van der Waals surface area contributed by atoms with Crippen molar-refractivity contribution in [2.45, 2.75) is 32.0 Å². The molecule has 39 heavy (non-hydrogen) atoms. The molecule has 0 aromatic heterocycles. The number of nitrogens with zero attached hydrogens (tertiary/aromatic N) is 3. The first-order valence-corrected chi connectivity index (χ1v) is 13.9. The molecule has 1 atom stereocenters. The minimum absolute atomic E-state index is 0.0646.